The van der Waals surface area contributed by atoms with Crippen LogP contribution >= 0.6 is 0 Å². The molecule has 4 rings (SSSR count). The third-order valence-electron chi connectivity index (χ3n) is 7.44. The van der Waals surface area contributed by atoms with E-state index in [0.29, 0.717) is 18.0 Å². The molecule has 2 fully saturated rings. The lowest BCUT2D eigenvalue weighted by atomic mass is 9.77. The second kappa shape index (κ2) is 9.97. The van der Waals surface area contributed by atoms with Crippen molar-refractivity contribution in [1.29, 1.82) is 0 Å². The number of carbonyl (C=O) groups excluding carboxylic acids is 1. The van der Waals surface area contributed by atoms with Crippen molar-refractivity contribution in [2.24, 2.45) is 5.92 Å². The first-order valence-electron chi connectivity index (χ1n) is 12.1. The summed E-state index contributed by atoms with van der Waals surface area (Å²) in [5.41, 5.74) is 3.03. The van der Waals surface area contributed by atoms with Gasteiger partial charge in [0.15, 0.2) is 0 Å². The molecule has 3 unspecified atom stereocenters. The highest BCUT2D eigenvalue weighted by atomic mass is 16.2. The van der Waals surface area contributed by atoms with E-state index in [4.69, 9.17) is 0 Å². The summed E-state index contributed by atoms with van der Waals surface area (Å²) in [5, 5.41) is 3.24. The van der Waals surface area contributed by atoms with Crippen molar-refractivity contribution in [1.82, 2.24) is 15.1 Å². The molecule has 4 nitrogen and oxygen atoms in total. The van der Waals surface area contributed by atoms with Crippen molar-refractivity contribution in [3.63, 3.8) is 0 Å². The summed E-state index contributed by atoms with van der Waals surface area (Å²) in [4.78, 5) is 17.9. The minimum atomic E-state index is 0.186. The van der Waals surface area contributed by atoms with E-state index in [1.165, 1.54) is 62.6 Å². The number of hydrogen-bond acceptors (Lipinski definition) is 2. The van der Waals surface area contributed by atoms with Crippen LogP contribution in [0.15, 0.2) is 24.3 Å². The first-order valence-corrected chi connectivity index (χ1v) is 12.1. The zero-order valence-electron chi connectivity index (χ0n) is 18.2. The Morgan fingerprint density at radius 3 is 2.83 bits per heavy atom. The monoisotopic (exact) mass is 397 g/mol. The fraction of sp³-hybridized carbons (Fsp3) is 0.720. The lowest BCUT2D eigenvalue weighted by molar-refractivity contribution is 0.00576. The van der Waals surface area contributed by atoms with Gasteiger partial charge in [0.2, 0.25) is 0 Å². The number of rotatable bonds is 7. The van der Waals surface area contributed by atoms with E-state index in [-0.39, 0.29) is 6.03 Å². The van der Waals surface area contributed by atoms with E-state index < -0.39 is 0 Å². The molecule has 160 valence electrons. The highest BCUT2D eigenvalue weighted by Crippen LogP contribution is 2.42. The van der Waals surface area contributed by atoms with Gasteiger partial charge in [0.05, 0.1) is 0 Å². The maximum absolute atomic E-state index is 13.0. The topological polar surface area (TPSA) is 35.6 Å². The van der Waals surface area contributed by atoms with Gasteiger partial charge in [0, 0.05) is 38.3 Å². The smallest absolute Gasteiger partial charge is 0.317 e. The maximum atomic E-state index is 13.0. The zero-order chi connectivity index (χ0) is 20.1. The van der Waals surface area contributed by atoms with E-state index in [0.717, 1.165) is 38.9 Å². The molecule has 3 atom stereocenters. The Kier molecular flexibility index (Phi) is 7.12. The Morgan fingerprint density at radius 1 is 1.10 bits per heavy atom. The molecular formula is C25H39N3O. The van der Waals surface area contributed by atoms with Crippen LogP contribution in [0.4, 0.5) is 4.79 Å². The number of unbranched alkanes of at least 4 members (excludes halogenated alkanes) is 5. The van der Waals surface area contributed by atoms with E-state index in [2.05, 4.69) is 46.3 Å². The molecule has 0 spiro atoms. The number of amides is 2. The molecule has 0 bridgehead atoms. The molecule has 1 aromatic rings. The molecule has 3 heterocycles. The van der Waals surface area contributed by atoms with Crippen LogP contribution < -0.4 is 5.32 Å². The number of nitrogens with one attached hydrogen (secondary N) is 1. The van der Waals surface area contributed by atoms with Crippen LogP contribution in [0.2, 0.25) is 0 Å². The van der Waals surface area contributed by atoms with Crippen molar-refractivity contribution < 1.29 is 4.79 Å². The van der Waals surface area contributed by atoms with Gasteiger partial charge in [-0.3, -0.25) is 4.90 Å². The number of hydrogen-bond donors (Lipinski definition) is 1. The van der Waals surface area contributed by atoms with Crippen molar-refractivity contribution in [3.05, 3.63) is 35.4 Å². The summed E-state index contributed by atoms with van der Waals surface area (Å²) in [6.45, 7) is 6.34. The Balaban J connectivity index is 1.33. The maximum Gasteiger partial charge on any atom is 0.317 e. The molecule has 3 aliphatic rings. The number of urea groups is 1. The van der Waals surface area contributed by atoms with Gasteiger partial charge >= 0.3 is 6.03 Å². The van der Waals surface area contributed by atoms with Gasteiger partial charge < -0.3 is 10.2 Å². The lowest BCUT2D eigenvalue weighted by Gasteiger charge is -2.52. The molecule has 0 aliphatic carbocycles. The molecule has 2 amide bonds. The number of carbonyl (C=O) groups is 1. The average Bonchev–Trinajstić information content (AvgIpc) is 2.76. The SMILES string of the molecule is CCCCCCCCNC(=O)N1CCCC2CN3CCc4ccccc4C3CC21. The van der Waals surface area contributed by atoms with E-state index in [9.17, 15) is 4.79 Å². The summed E-state index contributed by atoms with van der Waals surface area (Å²) in [6.07, 6.45) is 12.3. The van der Waals surface area contributed by atoms with Crippen LogP contribution in [0, 0.1) is 5.92 Å². The quantitative estimate of drug-likeness (QED) is 0.647. The van der Waals surface area contributed by atoms with E-state index >= 15 is 0 Å². The molecule has 29 heavy (non-hydrogen) atoms. The molecule has 4 heteroatoms. The molecular weight excluding hydrogens is 358 g/mol. The summed E-state index contributed by atoms with van der Waals surface area (Å²) < 4.78 is 0. The molecule has 0 aromatic heterocycles. The Bertz CT molecular complexity index is 676. The van der Waals surface area contributed by atoms with Gasteiger partial charge in [-0.2, -0.15) is 0 Å². The second-order valence-electron chi connectivity index (χ2n) is 9.36. The number of fused-ring (bicyclic) bond motifs is 4. The van der Waals surface area contributed by atoms with Gasteiger partial charge in [0.25, 0.3) is 0 Å². The zero-order valence-corrected chi connectivity index (χ0v) is 18.2. The van der Waals surface area contributed by atoms with E-state index in [1.807, 2.05) is 0 Å². The molecule has 0 radical (unpaired) electrons. The standard InChI is InChI=1S/C25H39N3O/c1-2-3-4-5-6-9-15-26-25(29)28-16-10-12-21-19-27-17-14-20-11-7-8-13-22(20)24(27)18-23(21)28/h7-8,11,13,21,23-24H,2-6,9-10,12,14-19H2,1H3,(H,26,29). The van der Waals surface area contributed by atoms with Gasteiger partial charge in [-0.1, -0.05) is 63.3 Å². The largest absolute Gasteiger partial charge is 0.338 e. The van der Waals surface area contributed by atoms with Crippen LogP contribution in [0.1, 0.15) is 81.9 Å². The van der Waals surface area contributed by atoms with Crippen LogP contribution in [0.5, 0.6) is 0 Å². The first-order chi connectivity index (χ1) is 14.3. The summed E-state index contributed by atoms with van der Waals surface area (Å²) in [6, 6.07) is 10.0. The fourth-order valence-electron chi connectivity index (χ4n) is 5.85. The molecule has 1 aromatic carbocycles. The minimum absolute atomic E-state index is 0.186. The van der Waals surface area contributed by atoms with Crippen molar-refractivity contribution in [3.8, 4) is 0 Å². The van der Waals surface area contributed by atoms with Crippen LogP contribution in [0.3, 0.4) is 0 Å². The van der Waals surface area contributed by atoms with Crippen molar-refractivity contribution >= 4 is 6.03 Å². The first kappa shape index (κ1) is 20.7. The number of piperidine rings is 2. The Morgan fingerprint density at radius 2 is 1.93 bits per heavy atom. The normalized spacial score (nSPS) is 26.4. The van der Waals surface area contributed by atoms with Gasteiger partial charge in [-0.15, -0.1) is 0 Å². The van der Waals surface area contributed by atoms with Crippen LogP contribution in [-0.4, -0.2) is 48.1 Å². The molecule has 1 N–H and O–H groups in total. The van der Waals surface area contributed by atoms with Gasteiger partial charge in [-0.25, -0.2) is 4.79 Å². The molecule has 3 aliphatic heterocycles. The van der Waals surface area contributed by atoms with Gasteiger partial charge in [0.1, 0.15) is 0 Å². The lowest BCUT2D eigenvalue weighted by Crippen LogP contribution is -2.59. The second-order valence-corrected chi connectivity index (χ2v) is 9.36. The predicted molar refractivity (Wildman–Crippen MR) is 119 cm³/mol. The third kappa shape index (κ3) is 4.79. The van der Waals surface area contributed by atoms with Crippen LogP contribution in [-0.2, 0) is 6.42 Å². The molecule has 0 saturated carbocycles. The fourth-order valence-corrected chi connectivity index (χ4v) is 5.85. The van der Waals surface area contributed by atoms with Gasteiger partial charge in [-0.05, 0) is 49.1 Å². The van der Waals surface area contributed by atoms with Crippen molar-refractivity contribution in [2.45, 2.75) is 83.2 Å². The third-order valence-corrected chi connectivity index (χ3v) is 7.44. The highest BCUT2D eigenvalue weighted by molar-refractivity contribution is 5.74. The summed E-state index contributed by atoms with van der Waals surface area (Å²) in [7, 11) is 0. The number of nitrogens with zero attached hydrogens (tertiary/aromatic N) is 2. The number of benzene rings is 1. The average molecular weight is 398 g/mol. The molecule has 2 saturated heterocycles. The van der Waals surface area contributed by atoms with Crippen LogP contribution in [0.25, 0.3) is 0 Å². The predicted octanol–water partition coefficient (Wildman–Crippen LogP) is 5.14. The minimum Gasteiger partial charge on any atom is -0.338 e. The summed E-state index contributed by atoms with van der Waals surface area (Å²) in [5.74, 6) is 0.644. The Labute approximate surface area is 177 Å². The van der Waals surface area contributed by atoms with Crippen molar-refractivity contribution in [2.75, 3.05) is 26.2 Å². The highest BCUT2D eigenvalue weighted by Gasteiger charge is 2.43. The number of likely N-dealkylation sites (tertiary alicyclic amines) is 1. The summed E-state index contributed by atoms with van der Waals surface area (Å²) >= 11 is 0. The Hall–Kier alpha value is -1.55. The van der Waals surface area contributed by atoms with E-state index in [1.54, 1.807) is 0 Å².